The van der Waals surface area contributed by atoms with Gasteiger partial charge in [-0.05, 0) is 12.1 Å². The van der Waals surface area contributed by atoms with Crippen molar-refractivity contribution in [2.45, 2.75) is 6.42 Å². The van der Waals surface area contributed by atoms with Crippen LogP contribution < -0.4 is 0 Å². The molecule has 0 bridgehead atoms. The standard InChI is InChI=1S/C11H8N4O2S/c16-9(17)5-8-6-18-11-13-10(14-15(8)11)7-1-3-12-4-2-7/h1-4,6H,5H2,(H,16,17). The van der Waals surface area contributed by atoms with Gasteiger partial charge in [0.25, 0.3) is 0 Å². The van der Waals surface area contributed by atoms with E-state index in [9.17, 15) is 4.79 Å². The first-order valence-electron chi connectivity index (χ1n) is 5.19. The van der Waals surface area contributed by atoms with Crippen molar-refractivity contribution < 1.29 is 9.90 Å². The number of hydrogen-bond donors (Lipinski definition) is 1. The number of carboxylic acids is 1. The lowest BCUT2D eigenvalue weighted by Crippen LogP contribution is -2.03. The molecule has 0 radical (unpaired) electrons. The Kier molecular flexibility index (Phi) is 2.52. The van der Waals surface area contributed by atoms with E-state index < -0.39 is 5.97 Å². The normalized spacial score (nSPS) is 10.9. The minimum atomic E-state index is -0.879. The van der Waals surface area contributed by atoms with Crippen molar-refractivity contribution in [2.75, 3.05) is 0 Å². The number of carbonyl (C=O) groups is 1. The lowest BCUT2D eigenvalue weighted by molar-refractivity contribution is -0.136. The van der Waals surface area contributed by atoms with Gasteiger partial charge < -0.3 is 5.11 Å². The fourth-order valence-electron chi connectivity index (χ4n) is 1.63. The van der Waals surface area contributed by atoms with E-state index in [0.29, 0.717) is 16.5 Å². The molecule has 18 heavy (non-hydrogen) atoms. The van der Waals surface area contributed by atoms with Crippen molar-refractivity contribution in [2.24, 2.45) is 0 Å². The molecule has 0 aliphatic heterocycles. The summed E-state index contributed by atoms with van der Waals surface area (Å²) in [7, 11) is 0. The van der Waals surface area contributed by atoms with Gasteiger partial charge in [0.2, 0.25) is 4.96 Å². The molecule has 0 spiro atoms. The number of rotatable bonds is 3. The Morgan fingerprint density at radius 2 is 2.17 bits per heavy atom. The average Bonchev–Trinajstić information content (AvgIpc) is 2.92. The van der Waals surface area contributed by atoms with Crippen LogP contribution in [0.4, 0.5) is 0 Å². The number of aromatic nitrogens is 4. The maximum absolute atomic E-state index is 10.7. The fourth-order valence-corrected chi connectivity index (χ4v) is 2.45. The molecular formula is C11H8N4O2S. The number of hydrogen-bond acceptors (Lipinski definition) is 5. The van der Waals surface area contributed by atoms with E-state index in [0.717, 1.165) is 5.56 Å². The molecule has 3 aromatic rings. The second-order valence-electron chi connectivity index (χ2n) is 3.66. The average molecular weight is 260 g/mol. The Labute approximate surface area is 106 Å². The molecule has 6 nitrogen and oxygen atoms in total. The Morgan fingerprint density at radius 1 is 1.39 bits per heavy atom. The number of pyridine rings is 1. The maximum atomic E-state index is 10.7. The van der Waals surface area contributed by atoms with Gasteiger partial charge in [0.1, 0.15) is 0 Å². The van der Waals surface area contributed by atoms with Crippen LogP contribution in [0.25, 0.3) is 16.3 Å². The monoisotopic (exact) mass is 260 g/mol. The molecule has 0 unspecified atom stereocenters. The van der Waals surface area contributed by atoms with Gasteiger partial charge in [-0.2, -0.15) is 4.98 Å². The van der Waals surface area contributed by atoms with Crippen LogP contribution in [0.1, 0.15) is 5.69 Å². The molecule has 0 atom stereocenters. The van der Waals surface area contributed by atoms with E-state index in [4.69, 9.17) is 5.11 Å². The molecule has 0 aromatic carbocycles. The molecule has 0 aliphatic rings. The first-order chi connectivity index (χ1) is 8.74. The lowest BCUT2D eigenvalue weighted by atomic mass is 10.3. The molecule has 0 aliphatic carbocycles. The summed E-state index contributed by atoms with van der Waals surface area (Å²) in [6.45, 7) is 0. The SMILES string of the molecule is O=C(O)Cc1csc2nc(-c3ccncc3)nn12. The zero-order chi connectivity index (χ0) is 12.5. The molecule has 0 amide bonds. The highest BCUT2D eigenvalue weighted by Gasteiger charge is 2.13. The topological polar surface area (TPSA) is 80.4 Å². The van der Waals surface area contributed by atoms with Gasteiger partial charge in [0.15, 0.2) is 5.82 Å². The smallest absolute Gasteiger partial charge is 0.309 e. The van der Waals surface area contributed by atoms with Gasteiger partial charge in [0.05, 0.1) is 12.1 Å². The van der Waals surface area contributed by atoms with E-state index in [1.807, 2.05) is 12.1 Å². The maximum Gasteiger partial charge on any atom is 0.309 e. The molecule has 0 fully saturated rings. The summed E-state index contributed by atoms with van der Waals surface area (Å²) < 4.78 is 1.58. The third-order valence-electron chi connectivity index (χ3n) is 2.42. The lowest BCUT2D eigenvalue weighted by Gasteiger charge is -1.93. The Bertz CT molecular complexity index is 704. The first kappa shape index (κ1) is 10.8. The van der Waals surface area contributed by atoms with Crippen molar-refractivity contribution in [3.8, 4) is 11.4 Å². The largest absolute Gasteiger partial charge is 0.481 e. The zero-order valence-corrected chi connectivity index (χ0v) is 9.96. The summed E-state index contributed by atoms with van der Waals surface area (Å²) in [5.41, 5.74) is 1.50. The van der Waals surface area contributed by atoms with Gasteiger partial charge in [-0.3, -0.25) is 9.78 Å². The van der Waals surface area contributed by atoms with Crippen molar-refractivity contribution in [3.63, 3.8) is 0 Å². The second-order valence-corrected chi connectivity index (χ2v) is 4.50. The van der Waals surface area contributed by atoms with Crippen LogP contribution in [0.5, 0.6) is 0 Å². The Balaban J connectivity index is 2.07. The summed E-state index contributed by atoms with van der Waals surface area (Å²) in [5.74, 6) is -0.299. The van der Waals surface area contributed by atoms with Crippen molar-refractivity contribution in [3.05, 3.63) is 35.6 Å². The van der Waals surface area contributed by atoms with E-state index >= 15 is 0 Å². The number of nitrogens with zero attached hydrogens (tertiary/aromatic N) is 4. The van der Waals surface area contributed by atoms with Gasteiger partial charge in [-0.25, -0.2) is 4.52 Å². The van der Waals surface area contributed by atoms with E-state index in [1.54, 1.807) is 22.3 Å². The van der Waals surface area contributed by atoms with Gasteiger partial charge in [-0.15, -0.1) is 16.4 Å². The molecule has 7 heteroatoms. The highest BCUT2D eigenvalue weighted by Crippen LogP contribution is 2.20. The quantitative estimate of drug-likeness (QED) is 0.771. The predicted molar refractivity (Wildman–Crippen MR) is 65.4 cm³/mol. The Hall–Kier alpha value is -2.28. The number of thiazole rings is 1. The van der Waals surface area contributed by atoms with Crippen molar-refractivity contribution in [1.82, 2.24) is 19.6 Å². The molecule has 90 valence electrons. The molecule has 3 rings (SSSR count). The fraction of sp³-hybridized carbons (Fsp3) is 0.0909. The van der Waals surface area contributed by atoms with Crippen LogP contribution in [0.2, 0.25) is 0 Å². The van der Waals surface area contributed by atoms with Crippen LogP contribution in [0, 0.1) is 0 Å². The van der Waals surface area contributed by atoms with Crippen LogP contribution in [-0.2, 0) is 11.2 Å². The van der Waals surface area contributed by atoms with E-state index in [2.05, 4.69) is 15.1 Å². The van der Waals surface area contributed by atoms with Crippen molar-refractivity contribution in [1.29, 1.82) is 0 Å². The second kappa shape index (κ2) is 4.19. The highest BCUT2D eigenvalue weighted by molar-refractivity contribution is 7.15. The van der Waals surface area contributed by atoms with Crippen LogP contribution in [0.15, 0.2) is 29.9 Å². The molecule has 0 saturated heterocycles. The van der Waals surface area contributed by atoms with Gasteiger partial charge in [0, 0.05) is 23.3 Å². The molecule has 0 saturated carbocycles. The number of carboxylic acid groups (broad SMARTS) is 1. The summed E-state index contributed by atoms with van der Waals surface area (Å²) in [4.78, 5) is 19.7. The van der Waals surface area contributed by atoms with E-state index in [1.165, 1.54) is 11.3 Å². The van der Waals surface area contributed by atoms with Gasteiger partial charge >= 0.3 is 5.97 Å². The summed E-state index contributed by atoms with van der Waals surface area (Å²) >= 11 is 1.38. The molecule has 1 N–H and O–H groups in total. The Morgan fingerprint density at radius 3 is 2.89 bits per heavy atom. The number of fused-ring (bicyclic) bond motifs is 1. The van der Waals surface area contributed by atoms with Gasteiger partial charge in [-0.1, -0.05) is 0 Å². The third-order valence-corrected chi connectivity index (χ3v) is 3.29. The third kappa shape index (κ3) is 1.84. The van der Waals surface area contributed by atoms with Crippen LogP contribution in [0.3, 0.4) is 0 Å². The molecule has 3 aromatic heterocycles. The summed E-state index contributed by atoms with van der Waals surface area (Å²) in [5, 5.41) is 14.9. The minimum absolute atomic E-state index is 0.0564. The molecular weight excluding hydrogens is 252 g/mol. The summed E-state index contributed by atoms with van der Waals surface area (Å²) in [6, 6.07) is 3.63. The summed E-state index contributed by atoms with van der Waals surface area (Å²) in [6.07, 6.45) is 3.28. The minimum Gasteiger partial charge on any atom is -0.481 e. The highest BCUT2D eigenvalue weighted by atomic mass is 32.1. The number of aliphatic carboxylic acids is 1. The van der Waals surface area contributed by atoms with Crippen LogP contribution >= 0.6 is 11.3 Å². The van der Waals surface area contributed by atoms with Crippen molar-refractivity contribution >= 4 is 22.3 Å². The molecule has 3 heterocycles. The zero-order valence-electron chi connectivity index (χ0n) is 9.15. The van der Waals surface area contributed by atoms with E-state index in [-0.39, 0.29) is 6.42 Å². The predicted octanol–water partition coefficient (Wildman–Crippen LogP) is 1.48. The van der Waals surface area contributed by atoms with Crippen LogP contribution in [-0.4, -0.2) is 30.7 Å². The first-order valence-corrected chi connectivity index (χ1v) is 6.07.